The van der Waals surface area contributed by atoms with Gasteiger partial charge in [-0.15, -0.1) is 0 Å². The molecule has 0 amide bonds. The van der Waals surface area contributed by atoms with E-state index in [1.165, 1.54) is 18.4 Å². The molecule has 1 aromatic heterocycles. The Morgan fingerprint density at radius 2 is 2.05 bits per heavy atom. The quantitative estimate of drug-likeness (QED) is 0.742. The lowest BCUT2D eigenvalue weighted by molar-refractivity contribution is 0.0988. The number of benzene rings is 1. The summed E-state index contributed by atoms with van der Waals surface area (Å²) in [5, 5.41) is 0. The zero-order valence-electron chi connectivity index (χ0n) is 13.3. The lowest BCUT2D eigenvalue weighted by Gasteiger charge is -2.13. The van der Waals surface area contributed by atoms with Crippen LogP contribution in [0.15, 0.2) is 36.5 Å². The molecule has 1 saturated carbocycles. The van der Waals surface area contributed by atoms with Crippen LogP contribution in [0.1, 0.15) is 54.6 Å². The number of nitrogens with zero attached hydrogens (tertiary/aromatic N) is 1. The Morgan fingerprint density at radius 1 is 1.27 bits per heavy atom. The van der Waals surface area contributed by atoms with Crippen LogP contribution in [0.3, 0.4) is 0 Å². The number of ether oxygens (including phenoxy) is 1. The molecule has 2 aromatic rings. The van der Waals surface area contributed by atoms with E-state index >= 15 is 0 Å². The van der Waals surface area contributed by atoms with E-state index in [0.717, 1.165) is 11.3 Å². The van der Waals surface area contributed by atoms with Crippen molar-refractivity contribution in [3.63, 3.8) is 0 Å². The molecular weight excluding hydrogens is 274 g/mol. The molecule has 3 heteroatoms. The van der Waals surface area contributed by atoms with E-state index < -0.39 is 0 Å². The van der Waals surface area contributed by atoms with Gasteiger partial charge in [0.1, 0.15) is 5.75 Å². The molecule has 0 spiro atoms. The standard InChI is InChI=1S/C19H21NO2/c1-4-16(21)14-5-8-18(20-12-14)22-17-7-6-15(11-13(17)2)19(3)9-10-19/h5-8,11-12H,4,9-10H2,1-3H3. The van der Waals surface area contributed by atoms with E-state index in [4.69, 9.17) is 4.74 Å². The lowest BCUT2D eigenvalue weighted by Crippen LogP contribution is -2.01. The molecule has 1 aromatic carbocycles. The van der Waals surface area contributed by atoms with Gasteiger partial charge in [0.05, 0.1) is 0 Å². The van der Waals surface area contributed by atoms with Crippen LogP contribution in [0, 0.1) is 6.92 Å². The fraction of sp³-hybridized carbons (Fsp3) is 0.368. The number of Topliss-reactive ketones (excluding diaryl/α,β-unsaturated/α-hetero) is 1. The van der Waals surface area contributed by atoms with Crippen molar-refractivity contribution in [2.75, 3.05) is 0 Å². The van der Waals surface area contributed by atoms with Crippen molar-refractivity contribution < 1.29 is 9.53 Å². The van der Waals surface area contributed by atoms with Crippen LogP contribution >= 0.6 is 0 Å². The first-order valence-corrected chi connectivity index (χ1v) is 7.80. The number of hydrogen-bond donors (Lipinski definition) is 0. The van der Waals surface area contributed by atoms with E-state index in [0.29, 0.717) is 23.3 Å². The van der Waals surface area contributed by atoms with Gasteiger partial charge in [0.25, 0.3) is 0 Å². The lowest BCUT2D eigenvalue weighted by atomic mass is 9.96. The molecule has 3 rings (SSSR count). The summed E-state index contributed by atoms with van der Waals surface area (Å²) in [6, 6.07) is 9.88. The van der Waals surface area contributed by atoms with E-state index in [-0.39, 0.29) is 5.78 Å². The maximum absolute atomic E-state index is 11.6. The number of pyridine rings is 1. The summed E-state index contributed by atoms with van der Waals surface area (Å²) in [6.45, 7) is 6.20. The maximum Gasteiger partial charge on any atom is 0.219 e. The number of hydrogen-bond acceptors (Lipinski definition) is 3. The molecule has 0 aliphatic heterocycles. The molecular formula is C19H21NO2. The van der Waals surface area contributed by atoms with Gasteiger partial charge < -0.3 is 4.74 Å². The molecule has 1 aliphatic carbocycles. The number of ketones is 1. The summed E-state index contributed by atoms with van der Waals surface area (Å²) in [7, 11) is 0. The van der Waals surface area contributed by atoms with Gasteiger partial charge in [-0.3, -0.25) is 4.79 Å². The first-order valence-electron chi connectivity index (χ1n) is 7.80. The van der Waals surface area contributed by atoms with Crippen LogP contribution in [0.5, 0.6) is 11.6 Å². The van der Waals surface area contributed by atoms with Gasteiger partial charge in [0.2, 0.25) is 5.88 Å². The number of carbonyl (C=O) groups excluding carboxylic acids is 1. The summed E-state index contributed by atoms with van der Waals surface area (Å²) < 4.78 is 5.84. The van der Waals surface area contributed by atoms with Crippen LogP contribution in [-0.4, -0.2) is 10.8 Å². The van der Waals surface area contributed by atoms with Crippen molar-refractivity contribution in [3.05, 3.63) is 53.2 Å². The fourth-order valence-corrected chi connectivity index (χ4v) is 2.54. The zero-order valence-corrected chi connectivity index (χ0v) is 13.3. The van der Waals surface area contributed by atoms with Crippen LogP contribution in [0.25, 0.3) is 0 Å². The summed E-state index contributed by atoms with van der Waals surface area (Å²) in [5.41, 5.74) is 3.49. The van der Waals surface area contributed by atoms with E-state index in [1.807, 2.05) is 13.0 Å². The smallest absolute Gasteiger partial charge is 0.219 e. The summed E-state index contributed by atoms with van der Waals surface area (Å²) >= 11 is 0. The predicted molar refractivity (Wildman–Crippen MR) is 86.7 cm³/mol. The predicted octanol–water partition coefficient (Wildman–Crippen LogP) is 4.83. The normalized spacial score (nSPS) is 15.4. The van der Waals surface area contributed by atoms with Gasteiger partial charge in [0, 0.05) is 24.2 Å². The van der Waals surface area contributed by atoms with Gasteiger partial charge in [-0.1, -0.05) is 26.0 Å². The average molecular weight is 295 g/mol. The number of rotatable bonds is 5. The summed E-state index contributed by atoms with van der Waals surface area (Å²) in [4.78, 5) is 15.8. The Kier molecular flexibility index (Phi) is 3.73. The maximum atomic E-state index is 11.6. The minimum absolute atomic E-state index is 0.0947. The topological polar surface area (TPSA) is 39.2 Å². The van der Waals surface area contributed by atoms with Crippen molar-refractivity contribution in [2.45, 2.75) is 45.4 Å². The highest BCUT2D eigenvalue weighted by atomic mass is 16.5. The van der Waals surface area contributed by atoms with Gasteiger partial charge in [-0.2, -0.15) is 0 Å². The number of aryl methyl sites for hydroxylation is 1. The van der Waals surface area contributed by atoms with Crippen molar-refractivity contribution in [2.24, 2.45) is 0 Å². The van der Waals surface area contributed by atoms with Gasteiger partial charge in [-0.05, 0) is 48.4 Å². The minimum Gasteiger partial charge on any atom is -0.439 e. The third-order valence-electron chi connectivity index (χ3n) is 4.47. The molecule has 1 fully saturated rings. The molecule has 0 saturated heterocycles. The Balaban J connectivity index is 1.77. The van der Waals surface area contributed by atoms with Crippen molar-refractivity contribution >= 4 is 5.78 Å². The van der Waals surface area contributed by atoms with Crippen LogP contribution < -0.4 is 4.74 Å². The molecule has 1 aliphatic rings. The molecule has 3 nitrogen and oxygen atoms in total. The molecule has 0 bridgehead atoms. The third kappa shape index (κ3) is 2.89. The fourth-order valence-electron chi connectivity index (χ4n) is 2.54. The molecule has 0 unspecified atom stereocenters. The Hall–Kier alpha value is -2.16. The van der Waals surface area contributed by atoms with E-state index in [1.54, 1.807) is 18.3 Å². The SMILES string of the molecule is CCC(=O)c1ccc(Oc2ccc(C3(C)CC3)cc2C)nc1. The second kappa shape index (κ2) is 5.56. The first kappa shape index (κ1) is 14.8. The van der Waals surface area contributed by atoms with Crippen molar-refractivity contribution in [1.29, 1.82) is 0 Å². The van der Waals surface area contributed by atoms with Crippen LogP contribution in [0.4, 0.5) is 0 Å². The molecule has 0 N–H and O–H groups in total. The molecule has 1 heterocycles. The second-order valence-corrected chi connectivity index (χ2v) is 6.30. The molecule has 114 valence electrons. The van der Waals surface area contributed by atoms with Crippen LogP contribution in [-0.2, 0) is 5.41 Å². The highest BCUT2D eigenvalue weighted by molar-refractivity contribution is 5.95. The molecule has 0 radical (unpaired) electrons. The number of aromatic nitrogens is 1. The first-order chi connectivity index (χ1) is 10.5. The van der Waals surface area contributed by atoms with E-state index in [9.17, 15) is 4.79 Å². The van der Waals surface area contributed by atoms with E-state index in [2.05, 4.69) is 31.0 Å². The molecule has 0 atom stereocenters. The van der Waals surface area contributed by atoms with Gasteiger partial charge in [-0.25, -0.2) is 4.98 Å². The van der Waals surface area contributed by atoms with Crippen molar-refractivity contribution in [3.8, 4) is 11.6 Å². The highest BCUT2D eigenvalue weighted by Gasteiger charge is 2.39. The Morgan fingerprint density at radius 3 is 2.59 bits per heavy atom. The Labute approximate surface area is 131 Å². The van der Waals surface area contributed by atoms with Gasteiger partial charge >= 0.3 is 0 Å². The zero-order chi connectivity index (χ0) is 15.7. The third-order valence-corrected chi connectivity index (χ3v) is 4.47. The summed E-state index contributed by atoms with van der Waals surface area (Å²) in [5.74, 6) is 1.42. The Bertz CT molecular complexity index is 700. The summed E-state index contributed by atoms with van der Waals surface area (Å²) in [6.07, 6.45) is 4.60. The average Bonchev–Trinajstić information content (AvgIpc) is 3.28. The highest BCUT2D eigenvalue weighted by Crippen LogP contribution is 2.48. The van der Waals surface area contributed by atoms with Crippen molar-refractivity contribution in [1.82, 2.24) is 4.98 Å². The minimum atomic E-state index is 0.0947. The van der Waals surface area contributed by atoms with Gasteiger partial charge in [0.15, 0.2) is 5.78 Å². The largest absolute Gasteiger partial charge is 0.439 e. The number of carbonyl (C=O) groups is 1. The second-order valence-electron chi connectivity index (χ2n) is 6.30. The monoisotopic (exact) mass is 295 g/mol. The molecule has 22 heavy (non-hydrogen) atoms. The van der Waals surface area contributed by atoms with Crippen LogP contribution in [0.2, 0.25) is 0 Å².